The van der Waals surface area contributed by atoms with Crippen LogP contribution in [0, 0.1) is 11.8 Å². The molecule has 7 heavy (non-hydrogen) atoms. The van der Waals surface area contributed by atoms with E-state index in [1.165, 1.54) is 6.42 Å². The third-order valence-electron chi connectivity index (χ3n) is 0.943. The van der Waals surface area contributed by atoms with E-state index in [0.717, 1.165) is 11.8 Å². The van der Waals surface area contributed by atoms with Gasteiger partial charge in [-0.3, -0.25) is 0 Å². The van der Waals surface area contributed by atoms with E-state index in [0.29, 0.717) is 0 Å². The zero-order chi connectivity index (χ0) is 5.86. The fraction of sp³-hybridized carbons (Fsp3) is 1.00. The maximum absolute atomic E-state index is 2.26. The molecule has 0 aliphatic heterocycles. The van der Waals surface area contributed by atoms with E-state index in [1.807, 2.05) is 0 Å². The molecule has 0 aromatic rings. The van der Waals surface area contributed by atoms with Crippen molar-refractivity contribution >= 4 is 0 Å². The number of rotatable bonds is 2. The van der Waals surface area contributed by atoms with Crippen LogP contribution in [0.3, 0.4) is 0 Å². The first kappa shape index (κ1) is 7.00. The highest BCUT2D eigenvalue weighted by Gasteiger charge is 1.95. The quantitative estimate of drug-likeness (QED) is 0.500. The Morgan fingerprint density at radius 3 is 1.14 bits per heavy atom. The predicted octanol–water partition coefficient (Wildman–Crippen LogP) is 2.69. The highest BCUT2D eigenvalue weighted by molar-refractivity contribution is 4.47. The molecular formula is C7H16. The van der Waals surface area contributed by atoms with Gasteiger partial charge in [-0.1, -0.05) is 27.7 Å². The molecule has 0 bridgehead atoms. The Kier molecular flexibility index (Phi) is 3.06. The maximum atomic E-state index is 2.26. The molecule has 0 amide bonds. The molecule has 0 rings (SSSR count). The molecule has 0 N–H and O–H groups in total. The molecule has 0 fully saturated rings. The molecule has 0 aliphatic rings. The van der Waals surface area contributed by atoms with Crippen LogP contribution < -0.4 is 0 Å². The van der Waals surface area contributed by atoms with Gasteiger partial charge in [0.1, 0.15) is 0 Å². The molecule has 0 aromatic carbocycles. The Morgan fingerprint density at radius 1 is 0.857 bits per heavy atom. The second-order valence-electron chi connectivity index (χ2n) is 3.02. The Bertz CT molecular complexity index is 29.3. The van der Waals surface area contributed by atoms with E-state index in [1.54, 1.807) is 0 Å². The van der Waals surface area contributed by atoms with Crippen molar-refractivity contribution in [2.45, 2.75) is 34.1 Å². The molecule has 0 atom stereocenters. The van der Waals surface area contributed by atoms with Crippen molar-refractivity contribution in [2.24, 2.45) is 11.8 Å². The van der Waals surface area contributed by atoms with Crippen LogP contribution in [0.15, 0.2) is 0 Å². The van der Waals surface area contributed by atoms with E-state index < -0.39 is 0 Å². The average molecular weight is 100 g/mol. The van der Waals surface area contributed by atoms with Crippen molar-refractivity contribution in [3.63, 3.8) is 0 Å². The summed E-state index contributed by atoms with van der Waals surface area (Å²) in [6.07, 6.45) is 1.36. The van der Waals surface area contributed by atoms with E-state index in [-0.39, 0.29) is 0 Å². The summed E-state index contributed by atoms with van der Waals surface area (Å²) >= 11 is 0. The van der Waals surface area contributed by atoms with Crippen LogP contribution in [0.4, 0.5) is 0 Å². The minimum atomic E-state index is 0.875. The molecule has 0 radical (unpaired) electrons. The fourth-order valence-corrected chi connectivity index (χ4v) is 0.943. The standard InChI is InChI=1S/C7H16/c1-6(2)5-7(3)4/h6-7H,5H2,1-4H3. The van der Waals surface area contributed by atoms with Crippen molar-refractivity contribution in [1.29, 1.82) is 0 Å². The molecule has 0 heteroatoms. The van der Waals surface area contributed by atoms with Crippen LogP contribution in [0.5, 0.6) is 0 Å². The Hall–Kier alpha value is 0. The van der Waals surface area contributed by atoms with Gasteiger partial charge >= 0.3 is 0 Å². The summed E-state index contributed by atoms with van der Waals surface area (Å²) in [7, 11) is 0. The molecule has 44 valence electrons. The van der Waals surface area contributed by atoms with E-state index >= 15 is 0 Å². The van der Waals surface area contributed by atoms with Crippen LogP contribution in [0.2, 0.25) is 0 Å². The molecule has 0 unspecified atom stereocenters. The molecule has 0 saturated carbocycles. The van der Waals surface area contributed by atoms with Gasteiger partial charge in [-0.2, -0.15) is 0 Å². The molecule has 0 heterocycles. The summed E-state index contributed by atoms with van der Waals surface area (Å²) in [4.78, 5) is 0. The minimum absolute atomic E-state index is 0.875. The Balaban J connectivity index is 2.95. The lowest BCUT2D eigenvalue weighted by Crippen LogP contribution is -1.93. The zero-order valence-corrected chi connectivity index (χ0v) is 5.86. The van der Waals surface area contributed by atoms with Gasteiger partial charge in [0.25, 0.3) is 0 Å². The number of hydrogen-bond acceptors (Lipinski definition) is 0. The van der Waals surface area contributed by atoms with Gasteiger partial charge in [-0.05, 0) is 18.3 Å². The van der Waals surface area contributed by atoms with Gasteiger partial charge in [-0.25, -0.2) is 0 Å². The van der Waals surface area contributed by atoms with Crippen LogP contribution in [-0.2, 0) is 0 Å². The van der Waals surface area contributed by atoms with Crippen LogP contribution in [-0.4, -0.2) is 0 Å². The summed E-state index contributed by atoms with van der Waals surface area (Å²) in [5.41, 5.74) is 0. The summed E-state index contributed by atoms with van der Waals surface area (Å²) < 4.78 is 0. The molecular weight excluding hydrogens is 84.1 g/mol. The first-order chi connectivity index (χ1) is 3.13. The smallest absolute Gasteiger partial charge is 0.0469 e. The highest BCUT2D eigenvalue weighted by Crippen LogP contribution is 2.08. The highest BCUT2D eigenvalue weighted by atomic mass is 14.0. The fourth-order valence-electron chi connectivity index (χ4n) is 0.943. The lowest BCUT2D eigenvalue weighted by Gasteiger charge is -2.05. The SMILES string of the molecule is CC(C)CC(C)C. The largest absolute Gasteiger partial charge is 0.0628 e. The third-order valence-corrected chi connectivity index (χ3v) is 0.943. The third kappa shape index (κ3) is 6.00. The Morgan fingerprint density at radius 2 is 1.14 bits per heavy atom. The molecule has 0 aliphatic carbocycles. The summed E-state index contributed by atoms with van der Waals surface area (Å²) in [5.74, 6) is 1.75. The van der Waals surface area contributed by atoms with Crippen molar-refractivity contribution in [3.05, 3.63) is 0 Å². The van der Waals surface area contributed by atoms with Gasteiger partial charge in [0, 0.05) is 0 Å². The van der Waals surface area contributed by atoms with E-state index in [4.69, 9.17) is 0 Å². The van der Waals surface area contributed by atoms with Gasteiger partial charge in [0.15, 0.2) is 0 Å². The average Bonchev–Trinajstić information content (AvgIpc) is 1.27. The van der Waals surface area contributed by atoms with Crippen molar-refractivity contribution in [1.82, 2.24) is 0 Å². The zero-order valence-electron chi connectivity index (χ0n) is 5.86. The first-order valence-corrected chi connectivity index (χ1v) is 3.13. The van der Waals surface area contributed by atoms with Crippen LogP contribution >= 0.6 is 0 Å². The topological polar surface area (TPSA) is 0 Å². The monoisotopic (exact) mass is 100 g/mol. The summed E-state index contributed by atoms with van der Waals surface area (Å²) in [6, 6.07) is 0. The maximum Gasteiger partial charge on any atom is -0.0469 e. The minimum Gasteiger partial charge on any atom is -0.0628 e. The van der Waals surface area contributed by atoms with Crippen LogP contribution in [0.1, 0.15) is 34.1 Å². The lowest BCUT2D eigenvalue weighted by molar-refractivity contribution is 0.469. The molecule has 0 saturated heterocycles. The lowest BCUT2D eigenvalue weighted by atomic mass is 10.0. The summed E-state index contributed by atoms with van der Waals surface area (Å²) in [5, 5.41) is 0. The first-order valence-electron chi connectivity index (χ1n) is 3.13. The molecule has 0 spiro atoms. The Labute approximate surface area is 46.9 Å². The van der Waals surface area contributed by atoms with Crippen molar-refractivity contribution in [2.75, 3.05) is 0 Å². The van der Waals surface area contributed by atoms with Gasteiger partial charge in [0.05, 0.1) is 0 Å². The second-order valence-corrected chi connectivity index (χ2v) is 3.02. The molecule has 0 aromatic heterocycles. The van der Waals surface area contributed by atoms with Crippen molar-refractivity contribution in [3.8, 4) is 0 Å². The normalized spacial score (nSPS) is 11.1. The van der Waals surface area contributed by atoms with Gasteiger partial charge in [-0.15, -0.1) is 0 Å². The number of hydrogen-bond donors (Lipinski definition) is 0. The van der Waals surface area contributed by atoms with E-state index in [2.05, 4.69) is 27.7 Å². The van der Waals surface area contributed by atoms with Gasteiger partial charge in [0.2, 0.25) is 0 Å². The van der Waals surface area contributed by atoms with Gasteiger partial charge < -0.3 is 0 Å². The van der Waals surface area contributed by atoms with Crippen LogP contribution in [0.25, 0.3) is 0 Å². The van der Waals surface area contributed by atoms with E-state index in [9.17, 15) is 0 Å². The molecule has 0 nitrogen and oxygen atoms in total. The second kappa shape index (κ2) is 3.06. The van der Waals surface area contributed by atoms with Crippen molar-refractivity contribution < 1.29 is 0 Å². The summed E-state index contributed by atoms with van der Waals surface area (Å²) in [6.45, 7) is 9.06. The predicted molar refractivity (Wildman–Crippen MR) is 34.3 cm³/mol.